The highest BCUT2D eigenvalue weighted by Crippen LogP contribution is 2.23. The number of pyridine rings is 1. The third kappa shape index (κ3) is 3.47. The highest BCUT2D eigenvalue weighted by molar-refractivity contribution is 9.10. The second-order valence-corrected chi connectivity index (χ2v) is 5.44. The Morgan fingerprint density at radius 2 is 1.89 bits per heavy atom. The van der Waals surface area contributed by atoms with Crippen LogP contribution in [0.15, 0.2) is 51.9 Å². The number of aryl methyl sites for hydroxylation is 1. The van der Waals surface area contributed by atoms with Gasteiger partial charge >= 0.3 is 0 Å². The summed E-state index contributed by atoms with van der Waals surface area (Å²) in [5.41, 5.74) is 2.19. The molecule has 100 valence electrons. The van der Waals surface area contributed by atoms with Gasteiger partial charge in [0.15, 0.2) is 0 Å². The molecule has 0 aliphatic carbocycles. The topological polar surface area (TPSA) is 34.0 Å². The van der Waals surface area contributed by atoms with E-state index in [2.05, 4.69) is 40.3 Å². The Morgan fingerprint density at radius 3 is 2.47 bits per heavy atom. The Balaban J connectivity index is 2.21. The normalized spacial score (nSPS) is 12.2. The van der Waals surface area contributed by atoms with Crippen LogP contribution in [-0.4, -0.2) is 4.57 Å². The van der Waals surface area contributed by atoms with Crippen LogP contribution in [0.25, 0.3) is 0 Å². The standard InChI is InChI=1S/C15H17BrN2O/c1-3-14(11-4-6-12(16)7-5-11)17-13-8-9-15(19)18(2)10-13/h4-10,14,17H,3H2,1-2H3. The average Bonchev–Trinajstić information content (AvgIpc) is 2.41. The van der Waals surface area contributed by atoms with Gasteiger partial charge in [0.2, 0.25) is 5.56 Å². The van der Waals surface area contributed by atoms with Gasteiger partial charge in [0, 0.05) is 23.8 Å². The Kier molecular flexibility index (Phi) is 4.43. The molecule has 0 fully saturated rings. The molecule has 1 atom stereocenters. The molecule has 4 heteroatoms. The molecule has 1 aromatic carbocycles. The molecule has 0 saturated heterocycles. The van der Waals surface area contributed by atoms with Gasteiger partial charge in [-0.15, -0.1) is 0 Å². The van der Waals surface area contributed by atoms with E-state index in [0.717, 1.165) is 16.6 Å². The molecule has 2 aromatic rings. The Labute approximate surface area is 121 Å². The van der Waals surface area contributed by atoms with Crippen LogP contribution in [0, 0.1) is 0 Å². The summed E-state index contributed by atoms with van der Waals surface area (Å²) < 4.78 is 2.66. The van der Waals surface area contributed by atoms with Crippen LogP contribution in [0.4, 0.5) is 5.69 Å². The number of benzene rings is 1. The highest BCUT2D eigenvalue weighted by atomic mass is 79.9. The van der Waals surface area contributed by atoms with Crippen molar-refractivity contribution >= 4 is 21.6 Å². The van der Waals surface area contributed by atoms with E-state index in [1.54, 1.807) is 17.7 Å². The van der Waals surface area contributed by atoms with Crippen LogP contribution in [0.1, 0.15) is 24.9 Å². The molecule has 0 spiro atoms. The molecule has 19 heavy (non-hydrogen) atoms. The summed E-state index contributed by atoms with van der Waals surface area (Å²) in [6.07, 6.45) is 2.80. The zero-order chi connectivity index (χ0) is 13.8. The number of hydrogen-bond donors (Lipinski definition) is 1. The van der Waals surface area contributed by atoms with Gasteiger partial charge < -0.3 is 9.88 Å². The van der Waals surface area contributed by atoms with Gasteiger partial charge in [0.05, 0.1) is 11.7 Å². The van der Waals surface area contributed by atoms with E-state index in [1.807, 2.05) is 24.4 Å². The monoisotopic (exact) mass is 320 g/mol. The maximum Gasteiger partial charge on any atom is 0.250 e. The number of nitrogens with one attached hydrogen (secondary N) is 1. The predicted molar refractivity (Wildman–Crippen MR) is 82.5 cm³/mol. The summed E-state index contributed by atoms with van der Waals surface area (Å²) in [5.74, 6) is 0. The second kappa shape index (κ2) is 6.06. The zero-order valence-electron chi connectivity index (χ0n) is 11.1. The second-order valence-electron chi connectivity index (χ2n) is 4.52. The number of rotatable bonds is 4. The fourth-order valence-electron chi connectivity index (χ4n) is 2.00. The molecule has 1 unspecified atom stereocenters. The van der Waals surface area contributed by atoms with E-state index in [9.17, 15) is 4.79 Å². The van der Waals surface area contributed by atoms with Gasteiger partial charge in [-0.25, -0.2) is 0 Å². The lowest BCUT2D eigenvalue weighted by Crippen LogP contribution is -2.17. The lowest BCUT2D eigenvalue weighted by atomic mass is 10.0. The van der Waals surface area contributed by atoms with Crippen molar-refractivity contribution in [2.24, 2.45) is 7.05 Å². The Hall–Kier alpha value is -1.55. The molecule has 0 saturated carbocycles. The van der Waals surface area contributed by atoms with E-state index >= 15 is 0 Å². The van der Waals surface area contributed by atoms with Gasteiger partial charge in [-0.3, -0.25) is 4.79 Å². The largest absolute Gasteiger partial charge is 0.377 e. The molecular weight excluding hydrogens is 304 g/mol. The smallest absolute Gasteiger partial charge is 0.250 e. The van der Waals surface area contributed by atoms with E-state index in [0.29, 0.717) is 0 Å². The first-order valence-electron chi connectivity index (χ1n) is 6.29. The van der Waals surface area contributed by atoms with Crippen LogP contribution in [0.2, 0.25) is 0 Å². The van der Waals surface area contributed by atoms with E-state index in [1.165, 1.54) is 5.56 Å². The predicted octanol–water partition coefficient (Wildman–Crippen LogP) is 3.71. The van der Waals surface area contributed by atoms with Crippen LogP contribution < -0.4 is 10.9 Å². The molecule has 3 nitrogen and oxygen atoms in total. The zero-order valence-corrected chi connectivity index (χ0v) is 12.6. The summed E-state index contributed by atoms with van der Waals surface area (Å²) in [6.45, 7) is 2.14. The Morgan fingerprint density at radius 1 is 1.21 bits per heavy atom. The Bertz CT molecular complexity index is 604. The molecule has 0 radical (unpaired) electrons. The van der Waals surface area contributed by atoms with Gasteiger partial charge in [-0.05, 0) is 30.2 Å². The maximum atomic E-state index is 11.4. The number of halogens is 1. The molecule has 0 aliphatic rings. The molecule has 1 N–H and O–H groups in total. The van der Waals surface area contributed by atoms with Crippen molar-refractivity contribution < 1.29 is 0 Å². The van der Waals surface area contributed by atoms with Gasteiger partial charge in [-0.1, -0.05) is 35.0 Å². The lowest BCUT2D eigenvalue weighted by Gasteiger charge is -2.19. The van der Waals surface area contributed by atoms with Crippen molar-refractivity contribution in [3.05, 3.63) is 63.0 Å². The van der Waals surface area contributed by atoms with Crippen molar-refractivity contribution in [1.29, 1.82) is 0 Å². The first-order chi connectivity index (χ1) is 9.10. The fraction of sp³-hybridized carbons (Fsp3) is 0.267. The number of anilines is 1. The average molecular weight is 321 g/mol. The van der Waals surface area contributed by atoms with Gasteiger partial charge in [0.25, 0.3) is 0 Å². The van der Waals surface area contributed by atoms with Crippen molar-refractivity contribution in [1.82, 2.24) is 4.57 Å². The van der Waals surface area contributed by atoms with Gasteiger partial charge in [-0.2, -0.15) is 0 Å². The molecule has 1 heterocycles. The lowest BCUT2D eigenvalue weighted by molar-refractivity contribution is 0.744. The van der Waals surface area contributed by atoms with Crippen molar-refractivity contribution in [3.63, 3.8) is 0 Å². The molecule has 0 aliphatic heterocycles. The third-order valence-electron chi connectivity index (χ3n) is 3.11. The van der Waals surface area contributed by atoms with Gasteiger partial charge in [0.1, 0.15) is 0 Å². The number of aromatic nitrogens is 1. The number of hydrogen-bond acceptors (Lipinski definition) is 2. The summed E-state index contributed by atoms with van der Waals surface area (Å²) >= 11 is 3.44. The van der Waals surface area contributed by atoms with Crippen LogP contribution in [-0.2, 0) is 7.05 Å². The molecule has 2 rings (SSSR count). The van der Waals surface area contributed by atoms with Crippen molar-refractivity contribution in [3.8, 4) is 0 Å². The van der Waals surface area contributed by atoms with E-state index < -0.39 is 0 Å². The minimum Gasteiger partial charge on any atom is -0.377 e. The quantitative estimate of drug-likeness (QED) is 0.931. The van der Waals surface area contributed by atoms with Crippen LogP contribution in [0.5, 0.6) is 0 Å². The first kappa shape index (κ1) is 13.9. The third-order valence-corrected chi connectivity index (χ3v) is 3.64. The molecule has 0 amide bonds. The summed E-state index contributed by atoms with van der Waals surface area (Å²) in [6, 6.07) is 11.9. The van der Waals surface area contributed by atoms with E-state index in [-0.39, 0.29) is 11.6 Å². The number of nitrogens with zero attached hydrogens (tertiary/aromatic N) is 1. The molecular formula is C15H17BrN2O. The van der Waals surface area contributed by atoms with Crippen LogP contribution in [0.3, 0.4) is 0 Å². The minimum atomic E-state index is 0.00207. The van der Waals surface area contributed by atoms with Crippen molar-refractivity contribution in [2.75, 3.05) is 5.32 Å². The fourth-order valence-corrected chi connectivity index (χ4v) is 2.26. The van der Waals surface area contributed by atoms with Crippen LogP contribution >= 0.6 is 15.9 Å². The van der Waals surface area contributed by atoms with E-state index in [4.69, 9.17) is 0 Å². The highest BCUT2D eigenvalue weighted by Gasteiger charge is 2.09. The molecule has 1 aromatic heterocycles. The summed E-state index contributed by atoms with van der Waals surface area (Å²) in [7, 11) is 1.76. The maximum absolute atomic E-state index is 11.4. The summed E-state index contributed by atoms with van der Waals surface area (Å²) in [4.78, 5) is 11.4. The minimum absolute atomic E-state index is 0.00207. The molecule has 0 bridgehead atoms. The van der Waals surface area contributed by atoms with Crippen molar-refractivity contribution in [2.45, 2.75) is 19.4 Å². The SMILES string of the molecule is CCC(Nc1ccc(=O)n(C)c1)c1ccc(Br)cc1. The summed E-state index contributed by atoms with van der Waals surface area (Å²) in [5, 5.41) is 3.46. The first-order valence-corrected chi connectivity index (χ1v) is 7.08.